The molecule has 0 spiro atoms. The van der Waals surface area contributed by atoms with Gasteiger partial charge < -0.3 is 9.88 Å². The molecule has 0 saturated heterocycles. The van der Waals surface area contributed by atoms with Crippen LogP contribution in [0.4, 0.5) is 0 Å². The molecular formula is C20H22N2O. The molecule has 0 aliphatic carbocycles. The van der Waals surface area contributed by atoms with Crippen molar-refractivity contribution in [2.75, 3.05) is 0 Å². The largest absolute Gasteiger partial charge is 0.350 e. The lowest BCUT2D eigenvalue weighted by molar-refractivity contribution is 0.0684. The maximum Gasteiger partial charge on any atom is 0.271 e. The number of nitrogens with zero attached hydrogens (tertiary/aromatic N) is 1. The minimum absolute atomic E-state index is 0.0533. The Morgan fingerprint density at radius 2 is 1.70 bits per heavy atom. The van der Waals surface area contributed by atoms with Gasteiger partial charge in [0.15, 0.2) is 0 Å². The summed E-state index contributed by atoms with van der Waals surface area (Å²) in [6.07, 6.45) is 0. The second-order valence-electron chi connectivity index (χ2n) is 6.18. The fraction of sp³-hybridized carbons (Fsp3) is 0.250. The van der Waals surface area contributed by atoms with Crippen LogP contribution in [-0.2, 0) is 6.54 Å². The Balaban J connectivity index is 1.95. The zero-order valence-electron chi connectivity index (χ0n) is 13.8. The molecule has 0 aliphatic heterocycles. The van der Waals surface area contributed by atoms with Crippen molar-refractivity contribution in [1.82, 2.24) is 9.88 Å². The third kappa shape index (κ3) is 3.00. The molecule has 1 N–H and O–H groups in total. The van der Waals surface area contributed by atoms with Crippen LogP contribution in [0.15, 0.2) is 54.6 Å². The summed E-state index contributed by atoms with van der Waals surface area (Å²) in [6.45, 7) is 6.73. The number of aromatic nitrogens is 1. The zero-order chi connectivity index (χ0) is 16.4. The second kappa shape index (κ2) is 6.29. The first-order valence-corrected chi connectivity index (χ1v) is 8.00. The molecule has 3 rings (SSSR count). The SMILES string of the molecule is Cc1c(C(=O)N(Cc2ccccc2)C(C)C)[nH]c2ccccc12. The van der Waals surface area contributed by atoms with E-state index < -0.39 is 0 Å². The van der Waals surface area contributed by atoms with Gasteiger partial charge in [-0.2, -0.15) is 0 Å². The number of nitrogens with one attached hydrogen (secondary N) is 1. The molecule has 0 fully saturated rings. The van der Waals surface area contributed by atoms with E-state index in [0.29, 0.717) is 12.2 Å². The minimum Gasteiger partial charge on any atom is -0.350 e. The quantitative estimate of drug-likeness (QED) is 0.755. The molecule has 0 saturated carbocycles. The van der Waals surface area contributed by atoms with Crippen LogP contribution in [0.3, 0.4) is 0 Å². The van der Waals surface area contributed by atoms with Crippen LogP contribution in [0, 0.1) is 6.92 Å². The van der Waals surface area contributed by atoms with Crippen molar-refractivity contribution in [1.29, 1.82) is 0 Å². The topological polar surface area (TPSA) is 36.1 Å². The Kier molecular flexibility index (Phi) is 4.20. The summed E-state index contributed by atoms with van der Waals surface area (Å²) in [5, 5.41) is 1.11. The predicted molar refractivity (Wildman–Crippen MR) is 94.5 cm³/mol. The number of fused-ring (bicyclic) bond motifs is 1. The van der Waals surface area contributed by atoms with Gasteiger partial charge in [0.05, 0.1) is 0 Å². The predicted octanol–water partition coefficient (Wildman–Crippen LogP) is 4.53. The van der Waals surface area contributed by atoms with E-state index in [0.717, 1.165) is 22.0 Å². The molecule has 0 aliphatic rings. The van der Waals surface area contributed by atoms with Crippen molar-refractivity contribution in [2.45, 2.75) is 33.4 Å². The average Bonchev–Trinajstić information content (AvgIpc) is 2.90. The molecule has 1 heterocycles. The lowest BCUT2D eigenvalue weighted by Gasteiger charge is -2.27. The second-order valence-corrected chi connectivity index (χ2v) is 6.18. The Labute approximate surface area is 136 Å². The van der Waals surface area contributed by atoms with Crippen molar-refractivity contribution in [3.8, 4) is 0 Å². The molecule has 118 valence electrons. The summed E-state index contributed by atoms with van der Waals surface area (Å²) in [5.74, 6) is 0.0533. The van der Waals surface area contributed by atoms with Crippen molar-refractivity contribution < 1.29 is 4.79 Å². The molecule has 1 aromatic heterocycles. The maximum absolute atomic E-state index is 13.1. The first-order valence-electron chi connectivity index (χ1n) is 8.00. The van der Waals surface area contributed by atoms with Gasteiger partial charge in [0.2, 0.25) is 0 Å². The van der Waals surface area contributed by atoms with Gasteiger partial charge in [-0.25, -0.2) is 0 Å². The van der Waals surface area contributed by atoms with Gasteiger partial charge in [-0.1, -0.05) is 48.5 Å². The summed E-state index contributed by atoms with van der Waals surface area (Å²) in [7, 11) is 0. The number of hydrogen-bond acceptors (Lipinski definition) is 1. The molecular weight excluding hydrogens is 284 g/mol. The molecule has 23 heavy (non-hydrogen) atoms. The normalized spacial score (nSPS) is 11.1. The number of aromatic amines is 1. The lowest BCUT2D eigenvalue weighted by Crippen LogP contribution is -2.36. The Hall–Kier alpha value is -2.55. The number of para-hydroxylation sites is 1. The van der Waals surface area contributed by atoms with Crippen LogP contribution in [0.25, 0.3) is 10.9 Å². The molecule has 3 nitrogen and oxygen atoms in total. The molecule has 1 amide bonds. The number of carbonyl (C=O) groups excluding carboxylic acids is 1. The third-order valence-electron chi connectivity index (χ3n) is 4.26. The first kappa shape index (κ1) is 15.3. The lowest BCUT2D eigenvalue weighted by atomic mass is 10.1. The van der Waals surface area contributed by atoms with Crippen LogP contribution < -0.4 is 0 Å². The highest BCUT2D eigenvalue weighted by molar-refractivity contribution is 6.00. The number of aryl methyl sites for hydroxylation is 1. The van der Waals surface area contributed by atoms with Crippen LogP contribution >= 0.6 is 0 Å². The minimum atomic E-state index is 0.0533. The Bertz CT molecular complexity index is 818. The van der Waals surface area contributed by atoms with E-state index in [1.807, 2.05) is 48.2 Å². The Morgan fingerprint density at radius 3 is 2.35 bits per heavy atom. The van der Waals surface area contributed by atoms with Gasteiger partial charge in [0.1, 0.15) is 5.69 Å². The number of amides is 1. The highest BCUT2D eigenvalue weighted by Gasteiger charge is 2.23. The first-order chi connectivity index (χ1) is 11.1. The molecule has 0 atom stereocenters. The van der Waals surface area contributed by atoms with E-state index in [9.17, 15) is 4.79 Å². The van der Waals surface area contributed by atoms with Crippen molar-refractivity contribution >= 4 is 16.8 Å². The van der Waals surface area contributed by atoms with E-state index in [2.05, 4.69) is 37.0 Å². The summed E-state index contributed by atoms with van der Waals surface area (Å²) in [6, 6.07) is 18.3. The number of H-pyrrole nitrogens is 1. The third-order valence-corrected chi connectivity index (χ3v) is 4.26. The summed E-state index contributed by atoms with van der Waals surface area (Å²) >= 11 is 0. The summed E-state index contributed by atoms with van der Waals surface area (Å²) in [5.41, 5.74) is 3.86. The molecule has 3 aromatic rings. The van der Waals surface area contributed by atoms with Crippen LogP contribution in [0.1, 0.15) is 35.5 Å². The van der Waals surface area contributed by atoms with Crippen molar-refractivity contribution in [3.63, 3.8) is 0 Å². The monoisotopic (exact) mass is 306 g/mol. The van der Waals surface area contributed by atoms with Crippen molar-refractivity contribution in [2.24, 2.45) is 0 Å². The Morgan fingerprint density at radius 1 is 1.04 bits per heavy atom. The number of carbonyl (C=O) groups is 1. The molecule has 0 radical (unpaired) electrons. The number of hydrogen-bond donors (Lipinski definition) is 1. The van der Waals surface area contributed by atoms with E-state index in [1.54, 1.807) is 0 Å². The molecule has 0 unspecified atom stereocenters. The molecule has 0 bridgehead atoms. The summed E-state index contributed by atoms with van der Waals surface area (Å²) in [4.78, 5) is 18.3. The summed E-state index contributed by atoms with van der Waals surface area (Å²) < 4.78 is 0. The fourth-order valence-electron chi connectivity index (χ4n) is 2.91. The zero-order valence-corrected chi connectivity index (χ0v) is 13.8. The van der Waals surface area contributed by atoms with Gasteiger partial charge in [-0.15, -0.1) is 0 Å². The van der Waals surface area contributed by atoms with E-state index in [1.165, 1.54) is 0 Å². The van der Waals surface area contributed by atoms with Crippen LogP contribution in [0.5, 0.6) is 0 Å². The average molecular weight is 306 g/mol. The van der Waals surface area contributed by atoms with Crippen LogP contribution in [-0.4, -0.2) is 21.8 Å². The van der Waals surface area contributed by atoms with Gasteiger partial charge >= 0.3 is 0 Å². The van der Waals surface area contributed by atoms with Crippen LogP contribution in [0.2, 0.25) is 0 Å². The van der Waals surface area contributed by atoms with E-state index in [-0.39, 0.29) is 11.9 Å². The van der Waals surface area contributed by atoms with Gasteiger partial charge in [0.25, 0.3) is 5.91 Å². The van der Waals surface area contributed by atoms with E-state index in [4.69, 9.17) is 0 Å². The maximum atomic E-state index is 13.1. The van der Waals surface area contributed by atoms with Gasteiger partial charge in [-0.05, 0) is 38.0 Å². The van der Waals surface area contributed by atoms with E-state index >= 15 is 0 Å². The number of rotatable bonds is 4. The van der Waals surface area contributed by atoms with Gasteiger partial charge in [0, 0.05) is 23.5 Å². The molecule has 2 aromatic carbocycles. The highest BCUT2D eigenvalue weighted by atomic mass is 16.2. The number of benzene rings is 2. The van der Waals surface area contributed by atoms with Gasteiger partial charge in [-0.3, -0.25) is 4.79 Å². The standard InChI is InChI=1S/C20H22N2O/c1-14(2)22(13-16-9-5-4-6-10-16)20(23)19-15(3)17-11-7-8-12-18(17)21-19/h4-12,14,21H,13H2,1-3H3. The smallest absolute Gasteiger partial charge is 0.271 e. The van der Waals surface area contributed by atoms with Crippen molar-refractivity contribution in [3.05, 3.63) is 71.4 Å². The highest BCUT2D eigenvalue weighted by Crippen LogP contribution is 2.23. The molecule has 3 heteroatoms. The fourth-order valence-corrected chi connectivity index (χ4v) is 2.91.